The number of aryl methyl sites for hydroxylation is 1. The minimum absolute atomic E-state index is 0.0101. The second kappa shape index (κ2) is 9.11. The monoisotopic (exact) mass is 412 g/mol. The number of carbonyl (C=O) groups is 1. The van der Waals surface area contributed by atoms with Gasteiger partial charge in [0.1, 0.15) is 5.75 Å². The Kier molecular flexibility index (Phi) is 7.09. The fourth-order valence-electron chi connectivity index (χ4n) is 2.68. The predicted molar refractivity (Wildman–Crippen MR) is 102 cm³/mol. The van der Waals surface area contributed by atoms with Crippen molar-refractivity contribution >= 4 is 21.6 Å². The highest BCUT2D eigenvalue weighted by Crippen LogP contribution is 2.27. The summed E-state index contributed by atoms with van der Waals surface area (Å²) in [5.74, 6) is -0.810. The molecule has 0 spiro atoms. The maximum absolute atomic E-state index is 12.7. The van der Waals surface area contributed by atoms with Crippen molar-refractivity contribution in [1.82, 2.24) is 4.31 Å². The summed E-state index contributed by atoms with van der Waals surface area (Å²) in [5.41, 5.74) is 0.729. The molecule has 0 saturated carbocycles. The summed E-state index contributed by atoms with van der Waals surface area (Å²) in [4.78, 5) is 12.7. The van der Waals surface area contributed by atoms with Gasteiger partial charge in [-0.05, 0) is 36.8 Å². The lowest BCUT2D eigenvalue weighted by molar-refractivity contribution is -0.0493. The number of anilines is 1. The van der Waals surface area contributed by atoms with Crippen molar-refractivity contribution in [1.29, 1.82) is 0 Å². The number of ether oxygens (including phenoxy) is 1. The van der Waals surface area contributed by atoms with Crippen LogP contribution in [0.2, 0.25) is 0 Å². The Morgan fingerprint density at radius 1 is 1.14 bits per heavy atom. The van der Waals surface area contributed by atoms with Crippen LogP contribution < -0.4 is 10.1 Å². The molecule has 2 aromatic rings. The number of hydrogen-bond acceptors (Lipinski definition) is 4. The van der Waals surface area contributed by atoms with E-state index in [4.69, 9.17) is 0 Å². The lowest BCUT2D eigenvalue weighted by Crippen LogP contribution is -2.30. The van der Waals surface area contributed by atoms with Crippen LogP contribution in [0.25, 0.3) is 0 Å². The third kappa shape index (κ3) is 4.85. The molecule has 0 heterocycles. The molecule has 6 nitrogen and oxygen atoms in total. The average Bonchev–Trinajstić information content (AvgIpc) is 2.63. The second-order valence-corrected chi connectivity index (χ2v) is 7.83. The highest BCUT2D eigenvalue weighted by molar-refractivity contribution is 7.89. The zero-order valence-electron chi connectivity index (χ0n) is 15.8. The minimum Gasteiger partial charge on any atom is -0.433 e. The number of alkyl halides is 2. The molecule has 0 bridgehead atoms. The fraction of sp³-hybridized carbons (Fsp3) is 0.316. The van der Waals surface area contributed by atoms with E-state index in [1.807, 2.05) is 0 Å². The molecule has 1 N–H and O–H groups in total. The summed E-state index contributed by atoms with van der Waals surface area (Å²) in [7, 11) is -3.74. The van der Waals surface area contributed by atoms with Gasteiger partial charge in [0.2, 0.25) is 10.0 Å². The molecule has 0 unspecified atom stereocenters. The second-order valence-electron chi connectivity index (χ2n) is 5.89. The van der Waals surface area contributed by atoms with Gasteiger partial charge in [0, 0.05) is 18.7 Å². The Labute approximate surface area is 163 Å². The van der Waals surface area contributed by atoms with E-state index in [2.05, 4.69) is 10.1 Å². The van der Waals surface area contributed by atoms with Crippen LogP contribution in [0.1, 0.15) is 29.8 Å². The topological polar surface area (TPSA) is 75.7 Å². The summed E-state index contributed by atoms with van der Waals surface area (Å²) in [5, 5.41) is 2.50. The highest BCUT2D eigenvalue weighted by atomic mass is 32.2. The molecule has 0 atom stereocenters. The lowest BCUT2D eigenvalue weighted by atomic mass is 10.1. The van der Waals surface area contributed by atoms with Crippen molar-refractivity contribution < 1.29 is 26.7 Å². The van der Waals surface area contributed by atoms with Crippen LogP contribution in [0, 0.1) is 6.92 Å². The van der Waals surface area contributed by atoms with Crippen LogP contribution in [0.3, 0.4) is 0 Å². The largest absolute Gasteiger partial charge is 0.433 e. The van der Waals surface area contributed by atoms with E-state index in [-0.39, 0.29) is 21.9 Å². The number of rotatable bonds is 8. The Hall–Kier alpha value is -2.52. The van der Waals surface area contributed by atoms with Crippen molar-refractivity contribution in [3.63, 3.8) is 0 Å². The van der Waals surface area contributed by atoms with Crippen molar-refractivity contribution in [2.24, 2.45) is 0 Å². The summed E-state index contributed by atoms with van der Waals surface area (Å²) in [6, 6.07) is 10.0. The smallest absolute Gasteiger partial charge is 0.387 e. The van der Waals surface area contributed by atoms with E-state index in [1.54, 1.807) is 26.8 Å². The third-order valence-corrected chi connectivity index (χ3v) is 6.19. The number of amides is 1. The van der Waals surface area contributed by atoms with E-state index >= 15 is 0 Å². The Balaban J connectivity index is 2.37. The van der Waals surface area contributed by atoms with Crippen LogP contribution in [0.4, 0.5) is 14.5 Å². The standard InChI is InChI=1S/C19H22F2N2O4S/c1-4-23(5-2)28(25,26)14-11-10-13(3)15(12-14)18(24)22-16-8-6-7-9-17(16)27-19(20)21/h6-12,19H,4-5H2,1-3H3,(H,22,24). The van der Waals surface area contributed by atoms with Gasteiger partial charge < -0.3 is 10.1 Å². The van der Waals surface area contributed by atoms with Gasteiger partial charge in [-0.1, -0.05) is 32.0 Å². The molecular weight excluding hydrogens is 390 g/mol. The lowest BCUT2D eigenvalue weighted by Gasteiger charge is -2.19. The molecule has 1 amide bonds. The number of sulfonamides is 1. The molecule has 2 aromatic carbocycles. The van der Waals surface area contributed by atoms with Crippen LogP contribution in [-0.4, -0.2) is 38.3 Å². The number of halogens is 2. The quantitative estimate of drug-likeness (QED) is 0.714. The normalized spacial score (nSPS) is 11.7. The van der Waals surface area contributed by atoms with Crippen LogP contribution >= 0.6 is 0 Å². The van der Waals surface area contributed by atoms with Crippen molar-refractivity contribution in [2.75, 3.05) is 18.4 Å². The highest BCUT2D eigenvalue weighted by Gasteiger charge is 2.24. The zero-order valence-corrected chi connectivity index (χ0v) is 16.6. The number of hydrogen-bond donors (Lipinski definition) is 1. The third-order valence-electron chi connectivity index (χ3n) is 4.15. The molecule has 0 aromatic heterocycles. The first-order chi connectivity index (χ1) is 13.2. The van der Waals surface area contributed by atoms with E-state index in [0.29, 0.717) is 18.7 Å². The van der Waals surface area contributed by atoms with Gasteiger partial charge in [-0.2, -0.15) is 13.1 Å². The maximum atomic E-state index is 12.7. The average molecular weight is 412 g/mol. The first kappa shape index (κ1) is 21.8. The van der Waals surface area contributed by atoms with Gasteiger partial charge >= 0.3 is 6.61 Å². The molecule has 28 heavy (non-hydrogen) atoms. The van der Waals surface area contributed by atoms with Gasteiger partial charge in [0.25, 0.3) is 5.91 Å². The molecule has 0 aliphatic heterocycles. The van der Waals surface area contributed by atoms with Crippen molar-refractivity contribution in [2.45, 2.75) is 32.3 Å². The first-order valence-corrected chi connectivity index (χ1v) is 10.1. The van der Waals surface area contributed by atoms with Crippen LogP contribution in [0.5, 0.6) is 5.75 Å². The van der Waals surface area contributed by atoms with Gasteiger partial charge in [-0.3, -0.25) is 4.79 Å². The van der Waals surface area contributed by atoms with E-state index < -0.39 is 22.5 Å². The molecule has 0 aliphatic rings. The zero-order chi connectivity index (χ0) is 20.9. The van der Waals surface area contributed by atoms with Crippen molar-refractivity contribution in [3.8, 4) is 5.75 Å². The SMILES string of the molecule is CCN(CC)S(=O)(=O)c1ccc(C)c(C(=O)Nc2ccccc2OC(F)F)c1. The van der Waals surface area contributed by atoms with Gasteiger partial charge in [0.15, 0.2) is 0 Å². The minimum atomic E-state index is -3.74. The fourth-order valence-corrected chi connectivity index (χ4v) is 4.16. The number of carbonyl (C=O) groups excluding carboxylic acids is 1. The Bertz CT molecular complexity index is 945. The first-order valence-electron chi connectivity index (χ1n) is 8.66. The summed E-state index contributed by atoms with van der Waals surface area (Å²) >= 11 is 0. The van der Waals surface area contributed by atoms with E-state index in [1.165, 1.54) is 40.7 Å². The summed E-state index contributed by atoms with van der Waals surface area (Å²) < 4.78 is 56.2. The predicted octanol–water partition coefficient (Wildman–Crippen LogP) is 3.88. The van der Waals surface area contributed by atoms with Crippen LogP contribution in [-0.2, 0) is 10.0 Å². The van der Waals surface area contributed by atoms with Gasteiger partial charge in [-0.15, -0.1) is 0 Å². The molecule has 0 fully saturated rings. The van der Waals surface area contributed by atoms with E-state index in [0.717, 1.165) is 0 Å². The maximum Gasteiger partial charge on any atom is 0.387 e. The Morgan fingerprint density at radius 2 is 1.79 bits per heavy atom. The molecular formula is C19H22F2N2O4S. The number of para-hydroxylation sites is 2. The molecule has 0 aliphatic carbocycles. The molecule has 9 heteroatoms. The number of nitrogens with one attached hydrogen (secondary N) is 1. The number of nitrogens with zero attached hydrogens (tertiary/aromatic N) is 1. The molecule has 0 saturated heterocycles. The van der Waals surface area contributed by atoms with Gasteiger partial charge in [0.05, 0.1) is 10.6 Å². The van der Waals surface area contributed by atoms with Gasteiger partial charge in [-0.25, -0.2) is 8.42 Å². The Morgan fingerprint density at radius 3 is 2.39 bits per heavy atom. The van der Waals surface area contributed by atoms with Crippen LogP contribution in [0.15, 0.2) is 47.4 Å². The summed E-state index contributed by atoms with van der Waals surface area (Å²) in [6.07, 6.45) is 0. The molecule has 2 rings (SSSR count). The number of benzene rings is 2. The molecule has 0 radical (unpaired) electrons. The summed E-state index contributed by atoms with van der Waals surface area (Å²) in [6.45, 7) is 2.66. The molecule has 152 valence electrons. The van der Waals surface area contributed by atoms with Crippen molar-refractivity contribution in [3.05, 3.63) is 53.6 Å². The van der Waals surface area contributed by atoms with E-state index in [9.17, 15) is 22.0 Å².